The standard InChI is InChI=1S/C14H12F2N2O2/c15-13-6-2-4-11(14(13)16)9-17-8-10-3-1-5-12(7-10)18(19)20/h1-7,17H,8-9H2. The first-order valence-corrected chi connectivity index (χ1v) is 5.95. The van der Waals surface area contributed by atoms with Gasteiger partial charge in [-0.05, 0) is 11.6 Å². The number of rotatable bonds is 5. The van der Waals surface area contributed by atoms with E-state index in [-0.39, 0.29) is 17.8 Å². The van der Waals surface area contributed by atoms with E-state index in [9.17, 15) is 18.9 Å². The average molecular weight is 278 g/mol. The van der Waals surface area contributed by atoms with E-state index in [1.165, 1.54) is 24.3 Å². The molecule has 4 nitrogen and oxygen atoms in total. The van der Waals surface area contributed by atoms with Crippen LogP contribution in [0.25, 0.3) is 0 Å². The molecule has 0 saturated carbocycles. The highest BCUT2D eigenvalue weighted by Crippen LogP contribution is 2.14. The summed E-state index contributed by atoms with van der Waals surface area (Å²) in [5, 5.41) is 13.5. The molecule has 0 saturated heterocycles. The summed E-state index contributed by atoms with van der Waals surface area (Å²) in [6, 6.07) is 10.1. The predicted molar refractivity (Wildman–Crippen MR) is 70.0 cm³/mol. The Bertz CT molecular complexity index is 632. The van der Waals surface area contributed by atoms with Crippen LogP contribution in [0.5, 0.6) is 0 Å². The molecule has 0 amide bonds. The number of hydrogen-bond donors (Lipinski definition) is 1. The van der Waals surface area contributed by atoms with Crippen molar-refractivity contribution in [2.24, 2.45) is 0 Å². The van der Waals surface area contributed by atoms with Crippen LogP contribution in [0.3, 0.4) is 0 Å². The number of nitrogens with one attached hydrogen (secondary N) is 1. The molecule has 0 heterocycles. The van der Waals surface area contributed by atoms with Gasteiger partial charge >= 0.3 is 0 Å². The summed E-state index contributed by atoms with van der Waals surface area (Å²) in [5.41, 5.74) is 0.924. The molecule has 2 aromatic rings. The molecule has 0 radical (unpaired) electrons. The van der Waals surface area contributed by atoms with Crippen molar-refractivity contribution in [1.82, 2.24) is 5.32 Å². The van der Waals surface area contributed by atoms with Crippen LogP contribution in [0.4, 0.5) is 14.5 Å². The van der Waals surface area contributed by atoms with E-state index in [0.717, 1.165) is 6.07 Å². The van der Waals surface area contributed by atoms with Gasteiger partial charge in [-0.1, -0.05) is 24.3 Å². The van der Waals surface area contributed by atoms with Crippen LogP contribution < -0.4 is 5.32 Å². The van der Waals surface area contributed by atoms with E-state index in [1.807, 2.05) is 0 Å². The Morgan fingerprint density at radius 3 is 2.60 bits per heavy atom. The van der Waals surface area contributed by atoms with E-state index < -0.39 is 16.6 Å². The molecule has 2 rings (SSSR count). The maximum absolute atomic E-state index is 13.4. The molecule has 104 valence electrons. The van der Waals surface area contributed by atoms with Crippen molar-refractivity contribution < 1.29 is 13.7 Å². The highest BCUT2D eigenvalue weighted by Gasteiger charge is 2.08. The molecule has 0 unspecified atom stereocenters. The normalized spacial score (nSPS) is 10.5. The Hall–Kier alpha value is -2.34. The number of nitro benzene ring substituents is 1. The second kappa shape index (κ2) is 6.21. The number of hydrogen-bond acceptors (Lipinski definition) is 3. The van der Waals surface area contributed by atoms with Gasteiger partial charge in [0.05, 0.1) is 4.92 Å². The van der Waals surface area contributed by atoms with Crippen molar-refractivity contribution in [1.29, 1.82) is 0 Å². The molecule has 0 aliphatic carbocycles. The lowest BCUT2D eigenvalue weighted by atomic mass is 10.1. The summed E-state index contributed by atoms with van der Waals surface area (Å²) in [6.07, 6.45) is 0. The van der Waals surface area contributed by atoms with Crippen LogP contribution >= 0.6 is 0 Å². The van der Waals surface area contributed by atoms with Gasteiger partial charge < -0.3 is 5.32 Å². The number of nitro groups is 1. The van der Waals surface area contributed by atoms with Gasteiger partial charge in [0.1, 0.15) is 0 Å². The Labute approximate surface area is 114 Å². The summed E-state index contributed by atoms with van der Waals surface area (Å²) in [4.78, 5) is 10.1. The van der Waals surface area contributed by atoms with Crippen LogP contribution in [0.15, 0.2) is 42.5 Å². The van der Waals surface area contributed by atoms with Crippen molar-refractivity contribution in [3.05, 3.63) is 75.3 Å². The van der Waals surface area contributed by atoms with Crippen LogP contribution in [0.2, 0.25) is 0 Å². The SMILES string of the molecule is O=[N+]([O-])c1cccc(CNCc2cccc(F)c2F)c1. The molecule has 2 aromatic carbocycles. The molecule has 0 spiro atoms. The van der Waals surface area contributed by atoms with E-state index in [4.69, 9.17) is 0 Å². The lowest BCUT2D eigenvalue weighted by Gasteiger charge is -2.06. The second-order valence-corrected chi connectivity index (χ2v) is 4.24. The number of non-ortho nitro benzene ring substituents is 1. The van der Waals surface area contributed by atoms with Crippen molar-refractivity contribution in [2.75, 3.05) is 0 Å². The second-order valence-electron chi connectivity index (χ2n) is 4.24. The van der Waals surface area contributed by atoms with Gasteiger partial charge in [-0.15, -0.1) is 0 Å². The third-order valence-electron chi connectivity index (χ3n) is 2.80. The Kier molecular flexibility index (Phi) is 4.37. The predicted octanol–water partition coefficient (Wildman–Crippen LogP) is 3.16. The van der Waals surface area contributed by atoms with E-state index >= 15 is 0 Å². The van der Waals surface area contributed by atoms with Gasteiger partial charge in [0.2, 0.25) is 0 Å². The summed E-state index contributed by atoms with van der Waals surface area (Å²) < 4.78 is 26.4. The summed E-state index contributed by atoms with van der Waals surface area (Å²) in [7, 11) is 0. The maximum atomic E-state index is 13.4. The molecular weight excluding hydrogens is 266 g/mol. The Morgan fingerprint density at radius 2 is 1.85 bits per heavy atom. The molecule has 0 atom stereocenters. The van der Waals surface area contributed by atoms with Gasteiger partial charge in [-0.3, -0.25) is 10.1 Å². The first-order valence-electron chi connectivity index (χ1n) is 5.95. The summed E-state index contributed by atoms with van der Waals surface area (Å²) >= 11 is 0. The molecule has 0 fully saturated rings. The fraction of sp³-hybridized carbons (Fsp3) is 0.143. The molecular formula is C14H12F2N2O2. The number of halogens is 2. The zero-order valence-corrected chi connectivity index (χ0v) is 10.5. The topological polar surface area (TPSA) is 55.2 Å². The van der Waals surface area contributed by atoms with E-state index in [0.29, 0.717) is 12.1 Å². The van der Waals surface area contributed by atoms with Crippen molar-refractivity contribution in [3.8, 4) is 0 Å². The molecule has 1 N–H and O–H groups in total. The van der Waals surface area contributed by atoms with Crippen LogP contribution in [0.1, 0.15) is 11.1 Å². The summed E-state index contributed by atoms with van der Waals surface area (Å²) in [6.45, 7) is 0.476. The van der Waals surface area contributed by atoms with Crippen LogP contribution in [-0.4, -0.2) is 4.92 Å². The largest absolute Gasteiger partial charge is 0.309 e. The van der Waals surface area contributed by atoms with Gasteiger partial charge in [0, 0.05) is 30.8 Å². The first-order chi connectivity index (χ1) is 9.58. The molecule has 0 bridgehead atoms. The first kappa shape index (κ1) is 14.1. The van der Waals surface area contributed by atoms with E-state index in [1.54, 1.807) is 12.1 Å². The van der Waals surface area contributed by atoms with Crippen LogP contribution in [-0.2, 0) is 13.1 Å². The highest BCUT2D eigenvalue weighted by molar-refractivity contribution is 5.34. The quantitative estimate of drug-likeness (QED) is 0.675. The van der Waals surface area contributed by atoms with Crippen molar-refractivity contribution in [3.63, 3.8) is 0 Å². The Balaban J connectivity index is 1.98. The lowest BCUT2D eigenvalue weighted by Crippen LogP contribution is -2.14. The fourth-order valence-electron chi connectivity index (χ4n) is 1.81. The zero-order chi connectivity index (χ0) is 14.5. The molecule has 0 aromatic heterocycles. The van der Waals surface area contributed by atoms with Crippen molar-refractivity contribution >= 4 is 5.69 Å². The van der Waals surface area contributed by atoms with Crippen LogP contribution in [0, 0.1) is 21.7 Å². The van der Waals surface area contributed by atoms with Crippen molar-refractivity contribution in [2.45, 2.75) is 13.1 Å². The molecule has 20 heavy (non-hydrogen) atoms. The van der Waals surface area contributed by atoms with E-state index in [2.05, 4.69) is 5.32 Å². The van der Waals surface area contributed by atoms with Gasteiger partial charge in [0.15, 0.2) is 11.6 Å². The monoisotopic (exact) mass is 278 g/mol. The van der Waals surface area contributed by atoms with Gasteiger partial charge in [-0.2, -0.15) is 0 Å². The van der Waals surface area contributed by atoms with Gasteiger partial charge in [0.25, 0.3) is 5.69 Å². The molecule has 0 aliphatic rings. The maximum Gasteiger partial charge on any atom is 0.269 e. The fourth-order valence-corrected chi connectivity index (χ4v) is 1.81. The smallest absolute Gasteiger partial charge is 0.269 e. The average Bonchev–Trinajstić information content (AvgIpc) is 2.44. The minimum Gasteiger partial charge on any atom is -0.309 e. The molecule has 6 heteroatoms. The summed E-state index contributed by atoms with van der Waals surface area (Å²) in [5.74, 6) is -1.77. The number of nitrogens with zero attached hydrogens (tertiary/aromatic N) is 1. The highest BCUT2D eigenvalue weighted by atomic mass is 19.2. The lowest BCUT2D eigenvalue weighted by molar-refractivity contribution is -0.384. The minimum atomic E-state index is -0.889. The van der Waals surface area contributed by atoms with Gasteiger partial charge in [-0.25, -0.2) is 8.78 Å². The minimum absolute atomic E-state index is 0.00114. The third-order valence-corrected chi connectivity index (χ3v) is 2.80. The number of benzene rings is 2. The third kappa shape index (κ3) is 3.36. The molecule has 0 aliphatic heterocycles. The Morgan fingerprint density at radius 1 is 1.10 bits per heavy atom. The zero-order valence-electron chi connectivity index (χ0n) is 10.5.